The van der Waals surface area contributed by atoms with Crippen molar-refractivity contribution in [3.63, 3.8) is 0 Å². The summed E-state index contributed by atoms with van der Waals surface area (Å²) in [5.41, 5.74) is 1.95. The number of carbonyl (C=O) groups is 1. The summed E-state index contributed by atoms with van der Waals surface area (Å²) in [5.74, 6) is 0.192. The van der Waals surface area contributed by atoms with Crippen LogP contribution in [-0.4, -0.2) is 20.6 Å². The van der Waals surface area contributed by atoms with Gasteiger partial charge >= 0.3 is 5.97 Å². The number of rotatable bonds is 4. The zero-order valence-electron chi connectivity index (χ0n) is 9.63. The molecule has 2 rings (SSSR count). The third-order valence-corrected chi connectivity index (χ3v) is 2.66. The molecule has 0 radical (unpaired) electrons. The van der Waals surface area contributed by atoms with Gasteiger partial charge in [-0.3, -0.25) is 4.79 Å². The molecule has 0 spiro atoms. The molecule has 1 aromatic carbocycles. The topological polar surface area (TPSA) is 55.1 Å². The van der Waals surface area contributed by atoms with Crippen LogP contribution in [-0.2, 0) is 24.7 Å². The number of aliphatic carboxylic acids is 1. The van der Waals surface area contributed by atoms with Crippen molar-refractivity contribution >= 4 is 5.97 Å². The van der Waals surface area contributed by atoms with E-state index in [2.05, 4.69) is 4.98 Å². The van der Waals surface area contributed by atoms with Gasteiger partial charge < -0.3 is 9.67 Å². The molecule has 4 heteroatoms. The Kier molecular flexibility index (Phi) is 3.23. The van der Waals surface area contributed by atoms with E-state index >= 15 is 0 Å². The molecule has 1 N–H and O–H groups in total. The van der Waals surface area contributed by atoms with Crippen LogP contribution in [0.2, 0.25) is 0 Å². The summed E-state index contributed by atoms with van der Waals surface area (Å²) < 4.78 is 1.98. The van der Waals surface area contributed by atoms with Crippen molar-refractivity contribution in [3.05, 3.63) is 53.6 Å². The van der Waals surface area contributed by atoms with Crippen LogP contribution in [0.25, 0.3) is 0 Å². The van der Waals surface area contributed by atoms with Crippen molar-refractivity contribution in [1.82, 2.24) is 9.55 Å². The predicted octanol–water partition coefficient (Wildman–Crippen LogP) is 1.64. The molecule has 2 aromatic rings. The van der Waals surface area contributed by atoms with Gasteiger partial charge in [-0.25, -0.2) is 4.98 Å². The van der Waals surface area contributed by atoms with E-state index in [1.807, 2.05) is 42.1 Å². The second kappa shape index (κ2) is 4.82. The van der Waals surface area contributed by atoms with Crippen molar-refractivity contribution in [1.29, 1.82) is 0 Å². The Hall–Kier alpha value is -2.10. The molecule has 0 aliphatic heterocycles. The third-order valence-electron chi connectivity index (χ3n) is 2.66. The Labute approximate surface area is 99.5 Å². The number of aromatic nitrogens is 2. The number of carboxylic acid groups (broad SMARTS) is 1. The van der Waals surface area contributed by atoms with Gasteiger partial charge in [0.15, 0.2) is 0 Å². The lowest BCUT2D eigenvalue weighted by atomic mass is 10.1. The molecule has 0 aliphatic rings. The quantitative estimate of drug-likeness (QED) is 0.868. The molecular weight excluding hydrogens is 216 g/mol. The highest BCUT2D eigenvalue weighted by Crippen LogP contribution is 2.09. The van der Waals surface area contributed by atoms with E-state index in [1.54, 1.807) is 6.20 Å². The number of aryl methyl sites for hydroxylation is 1. The lowest BCUT2D eigenvalue weighted by Gasteiger charge is -2.03. The van der Waals surface area contributed by atoms with E-state index in [4.69, 9.17) is 5.11 Å². The Morgan fingerprint density at radius 1 is 1.29 bits per heavy atom. The van der Waals surface area contributed by atoms with E-state index in [-0.39, 0.29) is 6.42 Å². The first-order valence-corrected chi connectivity index (χ1v) is 5.41. The van der Waals surface area contributed by atoms with Gasteiger partial charge in [0.05, 0.1) is 6.42 Å². The van der Waals surface area contributed by atoms with Gasteiger partial charge in [0.1, 0.15) is 5.82 Å². The predicted molar refractivity (Wildman–Crippen MR) is 63.8 cm³/mol. The highest BCUT2D eigenvalue weighted by Gasteiger charge is 2.03. The largest absolute Gasteiger partial charge is 0.481 e. The summed E-state index contributed by atoms with van der Waals surface area (Å²) in [4.78, 5) is 14.8. The molecule has 0 aliphatic carbocycles. The van der Waals surface area contributed by atoms with Crippen LogP contribution < -0.4 is 0 Å². The Bertz CT molecular complexity index is 514. The minimum atomic E-state index is -0.804. The molecule has 0 bridgehead atoms. The fourth-order valence-electron chi connectivity index (χ4n) is 1.70. The van der Waals surface area contributed by atoms with E-state index in [0.717, 1.165) is 23.4 Å². The van der Waals surface area contributed by atoms with Crippen molar-refractivity contribution < 1.29 is 9.90 Å². The molecule has 0 saturated carbocycles. The highest BCUT2D eigenvalue weighted by molar-refractivity contribution is 5.70. The van der Waals surface area contributed by atoms with Gasteiger partial charge in [0.25, 0.3) is 0 Å². The SMILES string of the molecule is Cn1ccnc1Cc1ccc(CC(=O)O)cc1. The van der Waals surface area contributed by atoms with Gasteiger partial charge in [0.2, 0.25) is 0 Å². The molecule has 0 unspecified atom stereocenters. The van der Waals surface area contributed by atoms with Gasteiger partial charge in [-0.05, 0) is 11.1 Å². The number of hydrogen-bond donors (Lipinski definition) is 1. The van der Waals surface area contributed by atoms with Crippen molar-refractivity contribution in [2.45, 2.75) is 12.8 Å². The maximum Gasteiger partial charge on any atom is 0.307 e. The van der Waals surface area contributed by atoms with Crippen LogP contribution in [0, 0.1) is 0 Å². The van der Waals surface area contributed by atoms with E-state index in [1.165, 1.54) is 0 Å². The number of imidazole rings is 1. The minimum Gasteiger partial charge on any atom is -0.481 e. The van der Waals surface area contributed by atoms with Crippen LogP contribution in [0.5, 0.6) is 0 Å². The molecule has 4 nitrogen and oxygen atoms in total. The van der Waals surface area contributed by atoms with E-state index < -0.39 is 5.97 Å². The zero-order valence-corrected chi connectivity index (χ0v) is 9.63. The van der Waals surface area contributed by atoms with Gasteiger partial charge in [-0.1, -0.05) is 24.3 Å². The summed E-state index contributed by atoms with van der Waals surface area (Å²) >= 11 is 0. The maximum atomic E-state index is 10.5. The molecule has 0 saturated heterocycles. The van der Waals surface area contributed by atoms with Gasteiger partial charge in [-0.15, -0.1) is 0 Å². The molecule has 88 valence electrons. The van der Waals surface area contributed by atoms with Gasteiger partial charge in [0, 0.05) is 25.9 Å². The minimum absolute atomic E-state index is 0.0721. The Balaban J connectivity index is 2.08. The number of benzene rings is 1. The number of nitrogens with zero attached hydrogens (tertiary/aromatic N) is 2. The fourth-order valence-corrected chi connectivity index (χ4v) is 1.70. The summed E-state index contributed by atoms with van der Waals surface area (Å²) in [6.07, 6.45) is 4.52. The molecular formula is C13H14N2O2. The molecule has 0 fully saturated rings. The second-order valence-electron chi connectivity index (χ2n) is 4.02. The lowest BCUT2D eigenvalue weighted by molar-refractivity contribution is -0.136. The summed E-state index contributed by atoms with van der Waals surface area (Å²) in [5, 5.41) is 8.67. The second-order valence-corrected chi connectivity index (χ2v) is 4.02. The third kappa shape index (κ3) is 2.93. The van der Waals surface area contributed by atoms with Crippen LogP contribution >= 0.6 is 0 Å². The van der Waals surface area contributed by atoms with Crippen LogP contribution in [0.4, 0.5) is 0 Å². The van der Waals surface area contributed by atoms with Gasteiger partial charge in [-0.2, -0.15) is 0 Å². The smallest absolute Gasteiger partial charge is 0.307 e. The molecule has 1 heterocycles. The average Bonchev–Trinajstić information content (AvgIpc) is 2.67. The first-order valence-electron chi connectivity index (χ1n) is 5.41. The normalized spacial score (nSPS) is 10.4. The van der Waals surface area contributed by atoms with Crippen LogP contribution in [0.15, 0.2) is 36.7 Å². The van der Waals surface area contributed by atoms with Crippen molar-refractivity contribution in [2.75, 3.05) is 0 Å². The monoisotopic (exact) mass is 230 g/mol. The number of carboxylic acids is 1. The number of hydrogen-bond acceptors (Lipinski definition) is 2. The van der Waals surface area contributed by atoms with Crippen molar-refractivity contribution in [3.8, 4) is 0 Å². The molecule has 17 heavy (non-hydrogen) atoms. The van der Waals surface area contributed by atoms with Crippen LogP contribution in [0.3, 0.4) is 0 Å². The van der Waals surface area contributed by atoms with Crippen LogP contribution in [0.1, 0.15) is 17.0 Å². The lowest BCUT2D eigenvalue weighted by Crippen LogP contribution is -2.01. The first-order chi connectivity index (χ1) is 8.15. The standard InChI is InChI=1S/C13H14N2O2/c1-15-7-6-14-12(15)8-10-2-4-11(5-3-10)9-13(16)17/h2-7H,8-9H2,1H3,(H,16,17). The molecule has 1 aromatic heterocycles. The average molecular weight is 230 g/mol. The first kappa shape index (κ1) is 11.4. The summed E-state index contributed by atoms with van der Waals surface area (Å²) in [6, 6.07) is 7.61. The zero-order chi connectivity index (χ0) is 12.3. The highest BCUT2D eigenvalue weighted by atomic mass is 16.4. The maximum absolute atomic E-state index is 10.5. The Morgan fingerprint density at radius 2 is 1.94 bits per heavy atom. The van der Waals surface area contributed by atoms with E-state index in [9.17, 15) is 4.79 Å². The summed E-state index contributed by atoms with van der Waals surface area (Å²) in [6.45, 7) is 0. The van der Waals surface area contributed by atoms with Crippen molar-refractivity contribution in [2.24, 2.45) is 7.05 Å². The molecule has 0 atom stereocenters. The van der Waals surface area contributed by atoms with E-state index in [0.29, 0.717) is 0 Å². The molecule has 0 amide bonds. The Morgan fingerprint density at radius 3 is 2.47 bits per heavy atom. The summed E-state index contributed by atoms with van der Waals surface area (Å²) in [7, 11) is 1.96. The fraction of sp³-hybridized carbons (Fsp3) is 0.231.